The van der Waals surface area contributed by atoms with Gasteiger partial charge in [0.2, 0.25) is 11.5 Å². The van der Waals surface area contributed by atoms with Gasteiger partial charge in [0, 0.05) is 49.4 Å². The number of morpholine rings is 1. The highest BCUT2D eigenvalue weighted by Gasteiger charge is 2.36. The molecule has 210 valence electrons. The Morgan fingerprint density at radius 3 is 2.59 bits per heavy atom. The van der Waals surface area contributed by atoms with Crippen LogP contribution in [0.4, 0.5) is 20.5 Å². The van der Waals surface area contributed by atoms with E-state index in [0.717, 1.165) is 12.8 Å². The minimum atomic E-state index is -0.784. The number of piperidine rings is 1. The fourth-order valence-electron chi connectivity index (χ4n) is 6.24. The van der Waals surface area contributed by atoms with Gasteiger partial charge in [0.15, 0.2) is 5.82 Å². The second-order valence-electron chi connectivity index (χ2n) is 11.4. The summed E-state index contributed by atoms with van der Waals surface area (Å²) in [7, 11) is 0. The Bertz CT molecular complexity index is 1790. The number of pyridine rings is 2. The Morgan fingerprint density at radius 2 is 1.88 bits per heavy atom. The standard InChI is InChI=1S/C30H28F2N6O3/c1-3-18-21(31)6-7-22-24(18)19(12-23(39)34-22)26-25(32)27-20(13-33-26)28(38-14-16-4-5-17(15-38)41-16)36-29(35-27)37-10-8-30(2,40)9-11-37/h1,6-7,12-13,16-17,40H,4-5,8-11,14-15H2,2H3,(H,34,39)/t16-,17+. The molecule has 3 fully saturated rings. The van der Waals surface area contributed by atoms with E-state index in [0.29, 0.717) is 56.2 Å². The van der Waals surface area contributed by atoms with Gasteiger partial charge in [-0.1, -0.05) is 5.92 Å². The molecular weight excluding hydrogens is 530 g/mol. The summed E-state index contributed by atoms with van der Waals surface area (Å²) in [6, 6.07) is 3.74. The first-order valence-electron chi connectivity index (χ1n) is 13.8. The fraction of sp³-hybridized carbons (Fsp3) is 0.400. The molecule has 2 atom stereocenters. The van der Waals surface area contributed by atoms with Gasteiger partial charge < -0.3 is 24.6 Å². The third-order valence-corrected chi connectivity index (χ3v) is 8.48. The van der Waals surface area contributed by atoms with Gasteiger partial charge in [-0.15, -0.1) is 6.42 Å². The second-order valence-corrected chi connectivity index (χ2v) is 11.4. The average molecular weight is 559 g/mol. The molecule has 7 rings (SSSR count). The molecule has 9 nitrogen and oxygen atoms in total. The van der Waals surface area contributed by atoms with E-state index in [1.165, 1.54) is 24.4 Å². The number of anilines is 2. The van der Waals surface area contributed by atoms with Crippen molar-refractivity contribution in [3.05, 3.63) is 51.9 Å². The van der Waals surface area contributed by atoms with Crippen molar-refractivity contribution >= 4 is 33.6 Å². The Balaban J connectivity index is 1.44. The first kappa shape index (κ1) is 25.8. The summed E-state index contributed by atoms with van der Waals surface area (Å²) in [5.41, 5.74) is -1.15. The van der Waals surface area contributed by atoms with Crippen LogP contribution >= 0.6 is 0 Å². The smallest absolute Gasteiger partial charge is 0.249 e. The summed E-state index contributed by atoms with van der Waals surface area (Å²) in [5.74, 6) is 1.82. The van der Waals surface area contributed by atoms with Crippen LogP contribution in [0.5, 0.6) is 0 Å². The van der Waals surface area contributed by atoms with Crippen LogP contribution in [0.1, 0.15) is 38.2 Å². The van der Waals surface area contributed by atoms with Crippen LogP contribution in [-0.2, 0) is 4.74 Å². The zero-order valence-corrected chi connectivity index (χ0v) is 22.5. The van der Waals surface area contributed by atoms with E-state index in [1.807, 2.05) is 4.90 Å². The van der Waals surface area contributed by atoms with Crippen LogP contribution in [0.15, 0.2) is 29.2 Å². The van der Waals surface area contributed by atoms with Crippen LogP contribution in [-0.4, -0.2) is 69.0 Å². The number of H-pyrrole nitrogens is 1. The molecule has 41 heavy (non-hydrogen) atoms. The lowest BCUT2D eigenvalue weighted by Gasteiger charge is -2.37. The molecule has 3 aliphatic rings. The maximum atomic E-state index is 16.6. The highest BCUT2D eigenvalue weighted by molar-refractivity contribution is 6.00. The largest absolute Gasteiger partial charge is 0.390 e. The number of hydrogen-bond acceptors (Lipinski definition) is 8. The molecule has 0 radical (unpaired) electrons. The predicted molar refractivity (Wildman–Crippen MR) is 151 cm³/mol. The third kappa shape index (κ3) is 4.38. The van der Waals surface area contributed by atoms with Gasteiger partial charge in [-0.05, 0) is 44.7 Å². The SMILES string of the molecule is C#Cc1c(F)ccc2[nH]c(=O)cc(-c3ncc4c(N5C[C@H]6CC[C@@H](C5)O6)nc(N5CCC(C)(O)CC5)nc4c3F)c12. The zero-order valence-electron chi connectivity index (χ0n) is 22.5. The number of aliphatic hydroxyl groups is 1. The summed E-state index contributed by atoms with van der Waals surface area (Å²) >= 11 is 0. The lowest BCUT2D eigenvalue weighted by atomic mass is 9.94. The van der Waals surface area contributed by atoms with Crippen molar-refractivity contribution in [1.82, 2.24) is 19.9 Å². The monoisotopic (exact) mass is 558 g/mol. The molecular formula is C30H28F2N6O3. The number of nitrogens with one attached hydrogen (secondary N) is 1. The number of aromatic nitrogens is 4. The highest BCUT2D eigenvalue weighted by atomic mass is 19.1. The minimum Gasteiger partial charge on any atom is -0.390 e. The highest BCUT2D eigenvalue weighted by Crippen LogP contribution is 2.38. The van der Waals surface area contributed by atoms with Gasteiger partial charge in [0.05, 0.1) is 34.3 Å². The Kier molecular flexibility index (Phi) is 5.96. The van der Waals surface area contributed by atoms with Gasteiger partial charge in [-0.2, -0.15) is 4.98 Å². The van der Waals surface area contributed by atoms with E-state index in [-0.39, 0.29) is 45.4 Å². The van der Waals surface area contributed by atoms with Crippen molar-refractivity contribution in [3.63, 3.8) is 0 Å². The minimum absolute atomic E-state index is 0.0401. The van der Waals surface area contributed by atoms with Gasteiger partial charge in [0.1, 0.15) is 22.8 Å². The lowest BCUT2D eigenvalue weighted by Crippen LogP contribution is -2.44. The number of nitrogens with zero attached hydrogens (tertiary/aromatic N) is 5. The number of fused-ring (bicyclic) bond motifs is 4. The molecule has 3 saturated heterocycles. The van der Waals surface area contributed by atoms with Gasteiger partial charge in [0.25, 0.3) is 0 Å². The maximum absolute atomic E-state index is 16.6. The Hall–Kier alpha value is -4.14. The number of terminal acetylenes is 1. The molecule has 3 aromatic heterocycles. The van der Waals surface area contributed by atoms with Crippen molar-refractivity contribution in [2.24, 2.45) is 0 Å². The molecule has 0 saturated carbocycles. The summed E-state index contributed by atoms with van der Waals surface area (Å²) in [5, 5.41) is 11.1. The summed E-state index contributed by atoms with van der Waals surface area (Å²) in [4.78, 5) is 33.3. The normalized spacial score (nSPS) is 21.9. The van der Waals surface area contributed by atoms with Crippen molar-refractivity contribution in [1.29, 1.82) is 0 Å². The van der Waals surface area contributed by atoms with Crippen molar-refractivity contribution in [2.45, 2.75) is 50.4 Å². The number of hydrogen-bond donors (Lipinski definition) is 2. The van der Waals surface area contributed by atoms with E-state index >= 15 is 4.39 Å². The molecule has 4 aromatic rings. The molecule has 0 amide bonds. The van der Waals surface area contributed by atoms with E-state index < -0.39 is 22.8 Å². The van der Waals surface area contributed by atoms with Crippen LogP contribution in [0.25, 0.3) is 33.1 Å². The van der Waals surface area contributed by atoms with Crippen LogP contribution in [0.3, 0.4) is 0 Å². The third-order valence-electron chi connectivity index (χ3n) is 8.48. The average Bonchev–Trinajstić information content (AvgIpc) is 3.29. The Morgan fingerprint density at radius 1 is 1.15 bits per heavy atom. The molecule has 1 aromatic carbocycles. The molecule has 0 spiro atoms. The first-order valence-corrected chi connectivity index (χ1v) is 13.8. The first-order chi connectivity index (χ1) is 19.7. The number of ether oxygens (including phenoxy) is 1. The Labute approximate surface area is 234 Å². The van der Waals surface area contributed by atoms with Crippen LogP contribution in [0.2, 0.25) is 0 Å². The molecule has 6 heterocycles. The summed E-state index contributed by atoms with van der Waals surface area (Å²) in [6.07, 6.45) is 10.2. The van der Waals surface area contributed by atoms with Crippen LogP contribution < -0.4 is 15.4 Å². The summed E-state index contributed by atoms with van der Waals surface area (Å²) < 4.78 is 37.3. The quantitative estimate of drug-likeness (QED) is 0.368. The molecule has 0 unspecified atom stereocenters. The molecule has 11 heteroatoms. The maximum Gasteiger partial charge on any atom is 0.249 e. The van der Waals surface area contributed by atoms with Gasteiger partial charge in [-0.25, -0.2) is 13.8 Å². The predicted octanol–water partition coefficient (Wildman–Crippen LogP) is 3.51. The second kappa shape index (κ2) is 9.46. The molecule has 2 bridgehead atoms. The van der Waals surface area contributed by atoms with E-state index in [1.54, 1.807) is 6.92 Å². The van der Waals surface area contributed by atoms with E-state index in [2.05, 4.69) is 25.8 Å². The number of aromatic amines is 1. The molecule has 3 aliphatic heterocycles. The number of benzene rings is 1. The number of rotatable bonds is 3. The fourth-order valence-corrected chi connectivity index (χ4v) is 6.24. The topological polar surface area (TPSA) is 107 Å². The summed E-state index contributed by atoms with van der Waals surface area (Å²) in [6.45, 7) is 4.05. The zero-order chi connectivity index (χ0) is 28.5. The van der Waals surface area contributed by atoms with E-state index in [4.69, 9.17) is 16.1 Å². The van der Waals surface area contributed by atoms with Crippen LogP contribution in [0, 0.1) is 24.0 Å². The van der Waals surface area contributed by atoms with Crippen molar-refractivity contribution < 1.29 is 18.6 Å². The van der Waals surface area contributed by atoms with Gasteiger partial charge >= 0.3 is 0 Å². The number of halogens is 2. The lowest BCUT2D eigenvalue weighted by molar-refractivity contribution is 0.0302. The van der Waals surface area contributed by atoms with Crippen molar-refractivity contribution in [3.8, 4) is 23.6 Å². The molecule has 2 N–H and O–H groups in total. The molecule has 0 aliphatic carbocycles. The van der Waals surface area contributed by atoms with Crippen molar-refractivity contribution in [2.75, 3.05) is 36.0 Å². The van der Waals surface area contributed by atoms with Gasteiger partial charge in [-0.3, -0.25) is 9.78 Å². The van der Waals surface area contributed by atoms with E-state index in [9.17, 15) is 14.3 Å².